The van der Waals surface area contributed by atoms with Gasteiger partial charge in [-0.1, -0.05) is 62.4 Å². The number of carbonyl (C=O) groups is 3. The van der Waals surface area contributed by atoms with Crippen LogP contribution < -0.4 is 21.1 Å². The number of aromatic amines is 1. The maximum Gasteiger partial charge on any atom is 0.416 e. The second-order valence-electron chi connectivity index (χ2n) is 17.8. The Kier molecular flexibility index (Phi) is 15.7. The van der Waals surface area contributed by atoms with Crippen LogP contribution in [0.4, 0.5) is 13.2 Å². The molecule has 3 amide bonds. The Balaban J connectivity index is 0.714. The van der Waals surface area contributed by atoms with Gasteiger partial charge in [0.1, 0.15) is 23.0 Å². The molecule has 5 N–H and O–H groups in total. The first-order valence-electron chi connectivity index (χ1n) is 23.5. The molecule has 8 rings (SSSR count). The SMILES string of the molecule is CC(C)c1cc(-c2n[nH]c(=O)n2-c2ccc(CN3CCN(C(=O)CCOCCNC(=O)Cc4cccc(CNC(=O)c5ccc6c(Oc7ccc(C(F)(F)F)cc7)cccc6c5)c4)CC3)cc2)c(O)cc1O. The molecule has 1 fully saturated rings. The summed E-state index contributed by atoms with van der Waals surface area (Å²) in [5, 5.41) is 34.7. The molecule has 1 aliphatic heterocycles. The van der Waals surface area contributed by atoms with Gasteiger partial charge in [-0.05, 0) is 100 Å². The number of phenols is 2. The van der Waals surface area contributed by atoms with Gasteiger partial charge in [0.25, 0.3) is 5.91 Å². The molecule has 1 aliphatic rings. The molecule has 15 nitrogen and oxygen atoms in total. The minimum atomic E-state index is -4.45. The second-order valence-corrected chi connectivity index (χ2v) is 17.8. The van der Waals surface area contributed by atoms with E-state index in [1.165, 1.54) is 22.8 Å². The molecule has 2 heterocycles. The highest BCUT2D eigenvalue weighted by Gasteiger charge is 2.30. The van der Waals surface area contributed by atoms with Crippen molar-refractivity contribution in [1.29, 1.82) is 0 Å². The molecule has 0 aliphatic carbocycles. The maximum atomic E-state index is 13.1. The molecule has 1 aromatic heterocycles. The lowest BCUT2D eigenvalue weighted by Crippen LogP contribution is -2.48. The molecule has 72 heavy (non-hydrogen) atoms. The normalized spacial score (nSPS) is 13.1. The Morgan fingerprint density at radius 3 is 2.26 bits per heavy atom. The molecule has 0 atom stereocenters. The van der Waals surface area contributed by atoms with E-state index in [2.05, 4.69) is 25.7 Å². The molecular weight excluding hydrogens is 932 g/mol. The minimum absolute atomic E-state index is 0.000714. The van der Waals surface area contributed by atoms with Gasteiger partial charge in [0.05, 0.1) is 42.9 Å². The van der Waals surface area contributed by atoms with Crippen LogP contribution in [-0.4, -0.2) is 98.4 Å². The molecule has 0 saturated carbocycles. The number of alkyl halides is 3. The van der Waals surface area contributed by atoms with Crippen LogP contribution >= 0.6 is 0 Å². The number of benzene rings is 6. The maximum absolute atomic E-state index is 13.1. The predicted molar refractivity (Wildman–Crippen MR) is 264 cm³/mol. The van der Waals surface area contributed by atoms with Gasteiger partial charge in [-0.25, -0.2) is 14.5 Å². The lowest BCUT2D eigenvalue weighted by molar-refractivity contribution is -0.137. The largest absolute Gasteiger partial charge is 0.508 e. The fourth-order valence-electron chi connectivity index (χ4n) is 8.50. The highest BCUT2D eigenvalue weighted by molar-refractivity contribution is 6.00. The second kappa shape index (κ2) is 22.4. The molecular formula is C54H54F3N7O8. The van der Waals surface area contributed by atoms with Crippen LogP contribution in [0.2, 0.25) is 0 Å². The summed E-state index contributed by atoms with van der Waals surface area (Å²) in [6, 6.07) is 32.5. The fourth-order valence-corrected chi connectivity index (χ4v) is 8.50. The van der Waals surface area contributed by atoms with E-state index in [1.54, 1.807) is 36.4 Å². The van der Waals surface area contributed by atoms with Gasteiger partial charge in [-0.3, -0.25) is 19.3 Å². The summed E-state index contributed by atoms with van der Waals surface area (Å²) in [5.41, 5.74) is 3.27. The van der Waals surface area contributed by atoms with Crippen molar-refractivity contribution in [3.8, 4) is 40.1 Å². The summed E-state index contributed by atoms with van der Waals surface area (Å²) in [7, 11) is 0. The Morgan fingerprint density at radius 1 is 0.792 bits per heavy atom. The van der Waals surface area contributed by atoms with Crippen molar-refractivity contribution in [1.82, 2.24) is 35.2 Å². The highest BCUT2D eigenvalue weighted by atomic mass is 19.4. The van der Waals surface area contributed by atoms with Crippen molar-refractivity contribution in [3.63, 3.8) is 0 Å². The number of H-pyrrole nitrogens is 1. The van der Waals surface area contributed by atoms with Crippen LogP contribution in [0, 0.1) is 0 Å². The van der Waals surface area contributed by atoms with Crippen LogP contribution in [0.15, 0.2) is 126 Å². The van der Waals surface area contributed by atoms with Gasteiger partial charge >= 0.3 is 11.9 Å². The number of phenolic OH excluding ortho intramolecular Hbond substituents is 2. The number of amides is 3. The summed E-state index contributed by atoms with van der Waals surface area (Å²) in [6.45, 7) is 7.98. The fraction of sp³-hybridized carbons (Fsp3) is 0.278. The number of halogens is 3. The number of aromatic nitrogens is 3. The zero-order chi connectivity index (χ0) is 50.9. The third kappa shape index (κ3) is 12.5. The minimum Gasteiger partial charge on any atom is -0.508 e. The average Bonchev–Trinajstić information content (AvgIpc) is 3.74. The number of rotatable bonds is 18. The molecule has 1 saturated heterocycles. The van der Waals surface area contributed by atoms with Gasteiger partial charge in [-0.15, -0.1) is 0 Å². The van der Waals surface area contributed by atoms with E-state index in [0.29, 0.717) is 71.6 Å². The first kappa shape index (κ1) is 50.4. The van der Waals surface area contributed by atoms with E-state index in [-0.39, 0.29) is 85.9 Å². The number of nitrogens with one attached hydrogen (secondary N) is 3. The Labute approximate surface area is 412 Å². The van der Waals surface area contributed by atoms with E-state index in [4.69, 9.17) is 9.47 Å². The van der Waals surface area contributed by atoms with Gasteiger partial charge in [0.2, 0.25) is 11.8 Å². The van der Waals surface area contributed by atoms with Crippen molar-refractivity contribution in [2.75, 3.05) is 45.9 Å². The van der Waals surface area contributed by atoms with E-state index in [9.17, 15) is 42.6 Å². The average molecular weight is 986 g/mol. The smallest absolute Gasteiger partial charge is 0.416 e. The summed E-state index contributed by atoms with van der Waals surface area (Å²) in [4.78, 5) is 55.8. The Morgan fingerprint density at radius 2 is 1.53 bits per heavy atom. The van der Waals surface area contributed by atoms with Crippen LogP contribution in [0.3, 0.4) is 0 Å². The number of ether oxygens (including phenoxy) is 2. The summed E-state index contributed by atoms with van der Waals surface area (Å²) in [5.74, 6) is 0.144. The van der Waals surface area contributed by atoms with E-state index in [0.717, 1.165) is 28.8 Å². The topological polar surface area (TPSA) is 191 Å². The number of fused-ring (bicyclic) bond motifs is 1. The molecule has 0 bridgehead atoms. The first-order chi connectivity index (χ1) is 34.6. The predicted octanol–water partition coefficient (Wildman–Crippen LogP) is 8.07. The van der Waals surface area contributed by atoms with Crippen LogP contribution in [-0.2, 0) is 40.0 Å². The van der Waals surface area contributed by atoms with E-state index >= 15 is 0 Å². The molecule has 18 heteroatoms. The summed E-state index contributed by atoms with van der Waals surface area (Å²) >= 11 is 0. The lowest BCUT2D eigenvalue weighted by atomic mass is 9.98. The lowest BCUT2D eigenvalue weighted by Gasteiger charge is -2.34. The Hall–Kier alpha value is -7.96. The monoisotopic (exact) mass is 985 g/mol. The third-order valence-corrected chi connectivity index (χ3v) is 12.4. The van der Waals surface area contributed by atoms with Gasteiger partial charge in [0, 0.05) is 62.8 Å². The number of piperazine rings is 1. The van der Waals surface area contributed by atoms with Crippen LogP contribution in [0.25, 0.3) is 27.8 Å². The molecule has 0 radical (unpaired) electrons. The zero-order valence-corrected chi connectivity index (χ0v) is 39.7. The standard InChI is InChI=1S/C54H54F3N7O8/c1-34(2)44-30-45(47(66)31-46(44)65)51-60-61-53(70)64(51)41-14-9-35(10-15-41)33-62-21-23-63(24-22-62)50(68)19-25-71-26-20-58-49(67)28-36-5-3-6-37(27-36)32-59-52(69)39-11-18-43-38(29-39)7-4-8-48(43)72-42-16-12-40(13-17-42)54(55,56)57/h3-18,27,29-31,34,65-66H,19-26,28,32-33H2,1-2H3,(H,58,67)(H,59,69)(H,61,70). The molecule has 7 aromatic rings. The van der Waals surface area contributed by atoms with Gasteiger partial charge in [0.15, 0.2) is 5.82 Å². The number of nitrogens with zero attached hydrogens (tertiary/aromatic N) is 4. The molecule has 6 aromatic carbocycles. The number of aromatic hydroxyl groups is 2. The number of carbonyl (C=O) groups excluding carboxylic acids is 3. The van der Waals surface area contributed by atoms with Crippen LogP contribution in [0.5, 0.6) is 23.0 Å². The van der Waals surface area contributed by atoms with Crippen molar-refractivity contribution in [2.24, 2.45) is 0 Å². The number of hydrogen-bond acceptors (Lipinski definition) is 10. The Bertz CT molecular complexity index is 3110. The van der Waals surface area contributed by atoms with Gasteiger partial charge in [-0.2, -0.15) is 18.3 Å². The summed E-state index contributed by atoms with van der Waals surface area (Å²) < 4.78 is 51.9. The van der Waals surface area contributed by atoms with Crippen molar-refractivity contribution in [2.45, 2.75) is 51.9 Å². The zero-order valence-electron chi connectivity index (χ0n) is 39.7. The van der Waals surface area contributed by atoms with Crippen LogP contribution in [0.1, 0.15) is 64.4 Å². The van der Waals surface area contributed by atoms with Crippen molar-refractivity contribution < 1.29 is 47.2 Å². The van der Waals surface area contributed by atoms with E-state index < -0.39 is 17.4 Å². The van der Waals surface area contributed by atoms with Crippen molar-refractivity contribution >= 4 is 28.5 Å². The van der Waals surface area contributed by atoms with E-state index in [1.807, 2.05) is 73.3 Å². The quantitative estimate of drug-likeness (QED) is 0.0526. The molecule has 0 unspecified atom stereocenters. The van der Waals surface area contributed by atoms with Crippen molar-refractivity contribution in [3.05, 3.63) is 165 Å². The third-order valence-electron chi connectivity index (χ3n) is 12.4. The first-order valence-corrected chi connectivity index (χ1v) is 23.5. The number of hydrogen-bond donors (Lipinski definition) is 5. The summed E-state index contributed by atoms with van der Waals surface area (Å²) in [6.07, 6.45) is -4.10. The highest BCUT2D eigenvalue weighted by Crippen LogP contribution is 2.38. The molecule has 374 valence electrons. The molecule has 0 spiro atoms. The van der Waals surface area contributed by atoms with Gasteiger partial charge < -0.3 is 35.2 Å².